The van der Waals surface area contributed by atoms with Crippen LogP contribution in [0, 0.1) is 0 Å². The average molecular weight is 323 g/mol. The van der Waals surface area contributed by atoms with Crippen LogP contribution in [0.4, 0.5) is 0 Å². The number of hydrogen-bond donors (Lipinski definition) is 0. The van der Waals surface area contributed by atoms with Crippen molar-refractivity contribution >= 4 is 5.91 Å². The third-order valence-corrected chi connectivity index (χ3v) is 4.11. The van der Waals surface area contributed by atoms with Crippen molar-refractivity contribution in [2.75, 3.05) is 41.1 Å². The highest BCUT2D eigenvalue weighted by Crippen LogP contribution is 2.19. The molecule has 0 saturated carbocycles. The summed E-state index contributed by atoms with van der Waals surface area (Å²) >= 11 is 0. The standard InChI is InChI=1S/C17H25NO5/c1-18(14-11-22-12-15(20-2)17(14)21-3)16(19)9-10-23-13-7-5-4-6-8-13/h4-8,14-15,17H,9-12H2,1-3H3/t14-,15-,17+/m1/s1. The average Bonchev–Trinajstić information content (AvgIpc) is 2.61. The van der Waals surface area contributed by atoms with Gasteiger partial charge in [-0.15, -0.1) is 0 Å². The van der Waals surface area contributed by atoms with E-state index in [0.29, 0.717) is 26.2 Å². The summed E-state index contributed by atoms with van der Waals surface area (Å²) in [4.78, 5) is 14.1. The van der Waals surface area contributed by atoms with Gasteiger partial charge in [0.1, 0.15) is 18.0 Å². The normalized spacial score (nSPS) is 24.2. The van der Waals surface area contributed by atoms with E-state index in [1.807, 2.05) is 30.3 Å². The fourth-order valence-corrected chi connectivity index (χ4v) is 2.72. The molecule has 0 unspecified atom stereocenters. The molecule has 1 amide bonds. The Morgan fingerprint density at radius 3 is 2.61 bits per heavy atom. The summed E-state index contributed by atoms with van der Waals surface area (Å²) in [6, 6.07) is 9.29. The van der Waals surface area contributed by atoms with Crippen LogP contribution in [-0.4, -0.2) is 70.1 Å². The van der Waals surface area contributed by atoms with Crippen molar-refractivity contribution in [3.8, 4) is 5.75 Å². The molecule has 1 heterocycles. The lowest BCUT2D eigenvalue weighted by Gasteiger charge is -2.40. The summed E-state index contributed by atoms with van der Waals surface area (Å²) < 4.78 is 22.0. The quantitative estimate of drug-likeness (QED) is 0.758. The number of ether oxygens (including phenoxy) is 4. The number of hydrogen-bond acceptors (Lipinski definition) is 5. The Kier molecular flexibility index (Phi) is 6.83. The molecule has 1 aromatic carbocycles. The number of nitrogens with zero attached hydrogens (tertiary/aromatic N) is 1. The van der Waals surface area contributed by atoms with Gasteiger partial charge in [-0.2, -0.15) is 0 Å². The summed E-state index contributed by atoms with van der Waals surface area (Å²) in [6.45, 7) is 1.26. The predicted octanol–water partition coefficient (Wildman–Crippen LogP) is 1.34. The van der Waals surface area contributed by atoms with E-state index in [-0.39, 0.29) is 24.2 Å². The molecule has 1 fully saturated rings. The topological polar surface area (TPSA) is 57.2 Å². The molecule has 1 saturated heterocycles. The van der Waals surface area contributed by atoms with Crippen LogP contribution >= 0.6 is 0 Å². The molecule has 0 radical (unpaired) electrons. The largest absolute Gasteiger partial charge is 0.493 e. The second-order valence-corrected chi connectivity index (χ2v) is 5.50. The van der Waals surface area contributed by atoms with Crippen molar-refractivity contribution in [2.45, 2.75) is 24.7 Å². The van der Waals surface area contributed by atoms with E-state index >= 15 is 0 Å². The highest BCUT2D eigenvalue weighted by atomic mass is 16.6. The summed E-state index contributed by atoms with van der Waals surface area (Å²) in [6.07, 6.45) is -0.0667. The van der Waals surface area contributed by atoms with Crippen molar-refractivity contribution in [1.82, 2.24) is 4.90 Å². The van der Waals surface area contributed by atoms with Crippen LogP contribution in [0.5, 0.6) is 5.75 Å². The first-order chi connectivity index (χ1) is 11.2. The molecule has 1 aromatic rings. The number of carbonyl (C=O) groups excluding carboxylic acids is 1. The molecule has 2 rings (SSSR count). The maximum atomic E-state index is 12.4. The summed E-state index contributed by atoms with van der Waals surface area (Å²) in [5, 5.41) is 0. The van der Waals surface area contributed by atoms with Gasteiger partial charge in [-0.05, 0) is 12.1 Å². The van der Waals surface area contributed by atoms with E-state index in [9.17, 15) is 4.79 Å². The van der Waals surface area contributed by atoms with Crippen molar-refractivity contribution < 1.29 is 23.7 Å². The van der Waals surface area contributed by atoms with Crippen LogP contribution in [-0.2, 0) is 19.0 Å². The van der Waals surface area contributed by atoms with E-state index in [1.54, 1.807) is 26.2 Å². The molecule has 0 aliphatic carbocycles. The van der Waals surface area contributed by atoms with Crippen LogP contribution in [0.3, 0.4) is 0 Å². The molecular weight excluding hydrogens is 298 g/mol. The summed E-state index contributed by atoms with van der Waals surface area (Å²) in [5.74, 6) is 0.756. The number of amides is 1. The highest BCUT2D eigenvalue weighted by Gasteiger charge is 2.38. The Morgan fingerprint density at radius 1 is 1.22 bits per heavy atom. The fourth-order valence-electron chi connectivity index (χ4n) is 2.72. The van der Waals surface area contributed by atoms with E-state index in [0.717, 1.165) is 5.75 Å². The Bertz CT molecular complexity index is 481. The monoisotopic (exact) mass is 323 g/mol. The molecule has 3 atom stereocenters. The first-order valence-corrected chi connectivity index (χ1v) is 7.74. The van der Waals surface area contributed by atoms with Crippen molar-refractivity contribution in [3.05, 3.63) is 30.3 Å². The van der Waals surface area contributed by atoms with E-state index in [4.69, 9.17) is 18.9 Å². The number of methoxy groups -OCH3 is 2. The van der Waals surface area contributed by atoms with E-state index in [1.165, 1.54) is 0 Å². The lowest BCUT2D eigenvalue weighted by atomic mass is 10.0. The van der Waals surface area contributed by atoms with E-state index in [2.05, 4.69) is 0 Å². The lowest BCUT2D eigenvalue weighted by Crippen LogP contribution is -2.57. The second-order valence-electron chi connectivity index (χ2n) is 5.50. The first kappa shape index (κ1) is 17.7. The predicted molar refractivity (Wildman–Crippen MR) is 85.5 cm³/mol. The van der Waals surface area contributed by atoms with Gasteiger partial charge < -0.3 is 23.8 Å². The fraction of sp³-hybridized carbons (Fsp3) is 0.588. The lowest BCUT2D eigenvalue weighted by molar-refractivity contribution is -0.164. The zero-order chi connectivity index (χ0) is 16.7. The molecule has 1 aliphatic heterocycles. The third-order valence-electron chi connectivity index (χ3n) is 4.11. The van der Waals surface area contributed by atoms with Gasteiger partial charge in [0.2, 0.25) is 5.91 Å². The molecule has 0 spiro atoms. The minimum atomic E-state index is -0.197. The highest BCUT2D eigenvalue weighted by molar-refractivity contribution is 5.76. The van der Waals surface area contributed by atoms with Gasteiger partial charge in [0.15, 0.2) is 0 Å². The first-order valence-electron chi connectivity index (χ1n) is 7.74. The zero-order valence-corrected chi connectivity index (χ0v) is 13.9. The Balaban J connectivity index is 1.85. The minimum Gasteiger partial charge on any atom is -0.493 e. The van der Waals surface area contributed by atoms with Gasteiger partial charge in [-0.25, -0.2) is 0 Å². The van der Waals surface area contributed by atoms with Gasteiger partial charge in [0.25, 0.3) is 0 Å². The van der Waals surface area contributed by atoms with Crippen LogP contribution < -0.4 is 4.74 Å². The van der Waals surface area contributed by atoms with Crippen molar-refractivity contribution in [2.24, 2.45) is 0 Å². The molecule has 23 heavy (non-hydrogen) atoms. The Hall–Kier alpha value is -1.63. The third kappa shape index (κ3) is 4.67. The van der Waals surface area contributed by atoms with Crippen molar-refractivity contribution in [1.29, 1.82) is 0 Å². The number of likely N-dealkylation sites (N-methyl/N-ethyl adjacent to an activating group) is 1. The second kappa shape index (κ2) is 8.86. The summed E-state index contributed by atoms with van der Waals surface area (Å²) in [7, 11) is 5.02. The van der Waals surface area contributed by atoms with Gasteiger partial charge in [-0.3, -0.25) is 4.79 Å². The van der Waals surface area contributed by atoms with Crippen LogP contribution in [0.25, 0.3) is 0 Å². The van der Waals surface area contributed by atoms with Gasteiger partial charge in [-0.1, -0.05) is 18.2 Å². The zero-order valence-electron chi connectivity index (χ0n) is 13.9. The molecular formula is C17H25NO5. The molecule has 6 heteroatoms. The van der Waals surface area contributed by atoms with Crippen LogP contribution in [0.1, 0.15) is 6.42 Å². The van der Waals surface area contributed by atoms with Gasteiger partial charge in [0, 0.05) is 21.3 Å². The number of para-hydroxylation sites is 1. The van der Waals surface area contributed by atoms with Gasteiger partial charge >= 0.3 is 0 Å². The minimum absolute atomic E-state index is 0.00617. The smallest absolute Gasteiger partial charge is 0.226 e. The maximum absolute atomic E-state index is 12.4. The molecule has 128 valence electrons. The van der Waals surface area contributed by atoms with Crippen LogP contribution in [0.15, 0.2) is 30.3 Å². The Labute approximate surface area is 137 Å². The SMILES string of the molecule is CO[C@H]1[C@H](N(C)C(=O)CCOc2ccccc2)COC[C@H]1OC. The van der Waals surface area contributed by atoms with Crippen molar-refractivity contribution in [3.63, 3.8) is 0 Å². The molecule has 6 nitrogen and oxygen atoms in total. The van der Waals surface area contributed by atoms with Gasteiger partial charge in [0.05, 0.1) is 32.3 Å². The molecule has 0 bridgehead atoms. The van der Waals surface area contributed by atoms with Crippen LogP contribution in [0.2, 0.25) is 0 Å². The number of rotatable bonds is 7. The maximum Gasteiger partial charge on any atom is 0.226 e. The summed E-state index contributed by atoms with van der Waals surface area (Å²) in [5.41, 5.74) is 0. The molecule has 0 aromatic heterocycles. The molecule has 0 N–H and O–H groups in total. The molecule has 1 aliphatic rings. The number of carbonyl (C=O) groups is 1. The Morgan fingerprint density at radius 2 is 1.96 bits per heavy atom. The number of benzene rings is 1. The van der Waals surface area contributed by atoms with E-state index < -0.39 is 0 Å².